The number of hydrogen-bond donors (Lipinski definition) is 1. The molecule has 0 radical (unpaired) electrons. The average molecular weight is 275 g/mol. The van der Waals surface area contributed by atoms with Crippen molar-refractivity contribution in [2.75, 3.05) is 20.3 Å². The van der Waals surface area contributed by atoms with Gasteiger partial charge in [-0.1, -0.05) is 0 Å². The molecule has 0 aliphatic rings. The van der Waals surface area contributed by atoms with Crippen LogP contribution < -0.4 is 5.32 Å². The molecule has 2 aromatic rings. The van der Waals surface area contributed by atoms with E-state index in [9.17, 15) is 4.79 Å². The Balaban J connectivity index is 2.03. The first-order valence-electron chi connectivity index (χ1n) is 6.33. The molecule has 0 spiro atoms. The van der Waals surface area contributed by atoms with Crippen molar-refractivity contribution in [1.29, 1.82) is 0 Å². The first-order chi connectivity index (χ1) is 9.72. The van der Waals surface area contributed by atoms with Gasteiger partial charge in [0.25, 0.3) is 5.91 Å². The van der Waals surface area contributed by atoms with Gasteiger partial charge in [-0.2, -0.15) is 0 Å². The van der Waals surface area contributed by atoms with Gasteiger partial charge in [0, 0.05) is 25.8 Å². The van der Waals surface area contributed by atoms with Gasteiger partial charge in [0.1, 0.15) is 6.33 Å². The van der Waals surface area contributed by atoms with E-state index in [1.807, 2.05) is 19.1 Å². The summed E-state index contributed by atoms with van der Waals surface area (Å²) in [5, 5.41) is 13.9. The van der Waals surface area contributed by atoms with Crippen LogP contribution in [0.4, 0.5) is 0 Å². The van der Waals surface area contributed by atoms with Crippen LogP contribution in [-0.4, -0.2) is 46.4 Å². The number of amides is 1. The number of ether oxygens (including phenoxy) is 1. The number of tetrazole rings is 1. The summed E-state index contributed by atoms with van der Waals surface area (Å²) in [6.07, 6.45) is 2.32. The Kier molecular flexibility index (Phi) is 4.78. The molecule has 1 aromatic heterocycles. The second kappa shape index (κ2) is 6.76. The number of carbonyl (C=O) groups is 1. The highest BCUT2D eigenvalue weighted by molar-refractivity contribution is 5.94. The number of benzene rings is 1. The van der Waals surface area contributed by atoms with Crippen molar-refractivity contribution < 1.29 is 9.53 Å². The minimum absolute atomic E-state index is 0.0903. The number of hydrogen-bond acceptors (Lipinski definition) is 5. The van der Waals surface area contributed by atoms with Crippen LogP contribution in [0.1, 0.15) is 22.3 Å². The zero-order chi connectivity index (χ0) is 14.4. The van der Waals surface area contributed by atoms with Crippen LogP contribution in [0.2, 0.25) is 0 Å². The van der Waals surface area contributed by atoms with Crippen molar-refractivity contribution in [1.82, 2.24) is 25.5 Å². The molecular formula is C13H17N5O2. The van der Waals surface area contributed by atoms with E-state index in [0.29, 0.717) is 18.7 Å². The quantitative estimate of drug-likeness (QED) is 0.786. The summed E-state index contributed by atoms with van der Waals surface area (Å²) in [5.41, 5.74) is 2.41. The fourth-order valence-electron chi connectivity index (χ4n) is 1.85. The van der Waals surface area contributed by atoms with E-state index in [4.69, 9.17) is 4.74 Å². The molecule has 1 aromatic carbocycles. The summed E-state index contributed by atoms with van der Waals surface area (Å²) in [7, 11) is 1.64. The summed E-state index contributed by atoms with van der Waals surface area (Å²) < 4.78 is 6.50. The van der Waals surface area contributed by atoms with E-state index >= 15 is 0 Å². The highest BCUT2D eigenvalue weighted by Crippen LogP contribution is 2.14. The highest BCUT2D eigenvalue weighted by atomic mass is 16.5. The summed E-state index contributed by atoms with van der Waals surface area (Å²) in [6.45, 7) is 3.15. The van der Waals surface area contributed by atoms with Crippen molar-refractivity contribution in [2.24, 2.45) is 0 Å². The van der Waals surface area contributed by atoms with Crippen molar-refractivity contribution in [3.8, 4) is 5.69 Å². The zero-order valence-corrected chi connectivity index (χ0v) is 11.5. The molecule has 20 heavy (non-hydrogen) atoms. The van der Waals surface area contributed by atoms with Gasteiger partial charge in [0.15, 0.2) is 0 Å². The van der Waals surface area contributed by atoms with Gasteiger partial charge in [-0.3, -0.25) is 4.79 Å². The third-order valence-corrected chi connectivity index (χ3v) is 2.87. The minimum atomic E-state index is -0.0903. The number of aryl methyl sites for hydroxylation is 1. The molecule has 0 atom stereocenters. The average Bonchev–Trinajstić information content (AvgIpc) is 2.97. The summed E-state index contributed by atoms with van der Waals surface area (Å²) in [4.78, 5) is 12.0. The van der Waals surface area contributed by atoms with Crippen LogP contribution in [0.25, 0.3) is 5.69 Å². The minimum Gasteiger partial charge on any atom is -0.385 e. The van der Waals surface area contributed by atoms with Crippen LogP contribution in [0.5, 0.6) is 0 Å². The normalized spacial score (nSPS) is 10.5. The number of nitrogens with one attached hydrogen (secondary N) is 1. The van der Waals surface area contributed by atoms with Gasteiger partial charge in [-0.15, -0.1) is 5.10 Å². The maximum Gasteiger partial charge on any atom is 0.251 e. The Bertz CT molecular complexity index is 568. The van der Waals surface area contributed by atoms with E-state index in [1.54, 1.807) is 17.9 Å². The maximum atomic E-state index is 12.0. The first-order valence-corrected chi connectivity index (χ1v) is 6.33. The lowest BCUT2D eigenvalue weighted by Crippen LogP contribution is -2.25. The van der Waals surface area contributed by atoms with Crippen LogP contribution >= 0.6 is 0 Å². The monoisotopic (exact) mass is 275 g/mol. The van der Waals surface area contributed by atoms with Gasteiger partial charge in [0.2, 0.25) is 0 Å². The van der Waals surface area contributed by atoms with E-state index in [0.717, 1.165) is 17.7 Å². The predicted octanol–water partition coefficient (Wildman–Crippen LogP) is 0.737. The number of rotatable bonds is 6. The van der Waals surface area contributed by atoms with Crippen LogP contribution in [0.15, 0.2) is 24.5 Å². The highest BCUT2D eigenvalue weighted by Gasteiger charge is 2.08. The second-order valence-corrected chi connectivity index (χ2v) is 4.36. The lowest BCUT2D eigenvalue weighted by atomic mass is 10.1. The molecule has 7 nitrogen and oxygen atoms in total. The zero-order valence-electron chi connectivity index (χ0n) is 11.5. The fraction of sp³-hybridized carbons (Fsp3) is 0.385. The molecule has 106 valence electrons. The number of aromatic nitrogens is 4. The molecule has 0 aliphatic heterocycles. The van der Waals surface area contributed by atoms with Gasteiger partial charge in [0.05, 0.1) is 5.69 Å². The topological polar surface area (TPSA) is 81.9 Å². The Morgan fingerprint density at radius 3 is 2.95 bits per heavy atom. The summed E-state index contributed by atoms with van der Waals surface area (Å²) >= 11 is 0. The summed E-state index contributed by atoms with van der Waals surface area (Å²) in [6, 6.07) is 5.41. The summed E-state index contributed by atoms with van der Waals surface area (Å²) in [5.74, 6) is -0.0903. The molecule has 1 heterocycles. The van der Waals surface area contributed by atoms with Crippen molar-refractivity contribution >= 4 is 5.91 Å². The Morgan fingerprint density at radius 2 is 2.30 bits per heavy atom. The fourth-order valence-corrected chi connectivity index (χ4v) is 1.85. The Morgan fingerprint density at radius 1 is 1.45 bits per heavy atom. The standard InChI is InChI=1S/C13H17N5O2/c1-10-8-11(13(19)14-6-3-7-20-2)4-5-12(10)18-9-15-16-17-18/h4-5,8-9H,3,6-7H2,1-2H3,(H,14,19). The van der Waals surface area contributed by atoms with Crippen molar-refractivity contribution in [2.45, 2.75) is 13.3 Å². The van der Waals surface area contributed by atoms with Crippen molar-refractivity contribution in [3.05, 3.63) is 35.7 Å². The van der Waals surface area contributed by atoms with Crippen LogP contribution in [0, 0.1) is 6.92 Å². The molecule has 0 unspecified atom stereocenters. The molecule has 0 aliphatic carbocycles. The number of nitrogens with zero attached hydrogens (tertiary/aromatic N) is 4. The lowest BCUT2D eigenvalue weighted by molar-refractivity contribution is 0.0948. The van der Waals surface area contributed by atoms with Gasteiger partial charge in [-0.25, -0.2) is 4.68 Å². The van der Waals surface area contributed by atoms with Gasteiger partial charge < -0.3 is 10.1 Å². The van der Waals surface area contributed by atoms with E-state index in [-0.39, 0.29) is 5.91 Å². The van der Waals surface area contributed by atoms with Crippen LogP contribution in [-0.2, 0) is 4.74 Å². The molecular weight excluding hydrogens is 258 g/mol. The second-order valence-electron chi connectivity index (χ2n) is 4.36. The largest absolute Gasteiger partial charge is 0.385 e. The lowest BCUT2D eigenvalue weighted by Gasteiger charge is -2.08. The van der Waals surface area contributed by atoms with E-state index in [2.05, 4.69) is 20.8 Å². The van der Waals surface area contributed by atoms with Gasteiger partial charge >= 0.3 is 0 Å². The molecule has 1 N–H and O–H groups in total. The molecule has 1 amide bonds. The van der Waals surface area contributed by atoms with E-state index in [1.165, 1.54) is 6.33 Å². The number of methoxy groups -OCH3 is 1. The molecule has 7 heteroatoms. The molecule has 2 rings (SSSR count). The maximum absolute atomic E-state index is 12.0. The van der Waals surface area contributed by atoms with Crippen molar-refractivity contribution in [3.63, 3.8) is 0 Å². The van der Waals surface area contributed by atoms with E-state index < -0.39 is 0 Å². The third-order valence-electron chi connectivity index (χ3n) is 2.87. The third kappa shape index (κ3) is 3.39. The molecule has 0 saturated carbocycles. The Labute approximate surface area is 116 Å². The number of carbonyl (C=O) groups excluding carboxylic acids is 1. The van der Waals surface area contributed by atoms with Gasteiger partial charge in [-0.05, 0) is 47.5 Å². The molecule has 0 bridgehead atoms. The molecule has 0 saturated heterocycles. The smallest absolute Gasteiger partial charge is 0.251 e. The Hall–Kier alpha value is -2.28. The predicted molar refractivity (Wildman–Crippen MR) is 72.7 cm³/mol. The first kappa shape index (κ1) is 14.1. The van der Waals surface area contributed by atoms with Crippen LogP contribution in [0.3, 0.4) is 0 Å². The molecule has 0 fully saturated rings. The SMILES string of the molecule is COCCCNC(=O)c1ccc(-n2cnnn2)c(C)c1.